The van der Waals surface area contributed by atoms with E-state index in [9.17, 15) is 4.79 Å². The molecule has 1 aromatic rings. The highest BCUT2D eigenvalue weighted by Crippen LogP contribution is 2.22. The summed E-state index contributed by atoms with van der Waals surface area (Å²) in [6.07, 6.45) is 3.64. The van der Waals surface area contributed by atoms with E-state index in [0.29, 0.717) is 17.5 Å². The predicted octanol–water partition coefficient (Wildman–Crippen LogP) is 1.28. The fraction of sp³-hybridized carbons (Fsp3) is 0.667. The van der Waals surface area contributed by atoms with Crippen LogP contribution in [-0.2, 0) is 0 Å². The van der Waals surface area contributed by atoms with E-state index >= 15 is 0 Å². The zero-order valence-corrected chi connectivity index (χ0v) is 10.3. The number of piperidine rings is 1. The average Bonchev–Trinajstić information content (AvgIpc) is 2.78. The van der Waals surface area contributed by atoms with Crippen LogP contribution >= 0.6 is 0 Å². The molecule has 0 aromatic carbocycles. The van der Waals surface area contributed by atoms with Gasteiger partial charge in [0.2, 0.25) is 0 Å². The molecule has 5 nitrogen and oxygen atoms in total. The lowest BCUT2D eigenvalue weighted by Crippen LogP contribution is -2.31. The number of hydrogen-bond donors (Lipinski definition) is 2. The minimum Gasteiger partial charge on any atom is -0.448 e. The van der Waals surface area contributed by atoms with Gasteiger partial charge in [-0.15, -0.1) is 0 Å². The van der Waals surface area contributed by atoms with Crippen molar-refractivity contribution in [2.75, 3.05) is 13.1 Å². The third-order valence-corrected chi connectivity index (χ3v) is 2.82. The molecule has 0 aliphatic carbocycles. The van der Waals surface area contributed by atoms with E-state index in [1.807, 2.05) is 13.8 Å². The molecule has 5 heteroatoms. The smallest absolute Gasteiger partial charge is 0.273 e. The standard InChI is InChI=1S/C12H19N3O2/c1-8(2)14-11(16)10-7-17-12(15-10)9-4-3-5-13-6-9/h7-9,13H,3-6H2,1-2H3,(H,14,16). The molecular formula is C12H19N3O2. The maximum absolute atomic E-state index is 11.7. The maximum atomic E-state index is 11.7. The minimum atomic E-state index is -0.168. The lowest BCUT2D eigenvalue weighted by Gasteiger charge is -2.19. The quantitative estimate of drug-likeness (QED) is 0.831. The van der Waals surface area contributed by atoms with E-state index in [0.717, 1.165) is 25.9 Å². The number of hydrogen-bond acceptors (Lipinski definition) is 4. The Morgan fingerprint density at radius 2 is 2.47 bits per heavy atom. The summed E-state index contributed by atoms with van der Waals surface area (Å²) >= 11 is 0. The maximum Gasteiger partial charge on any atom is 0.273 e. The van der Waals surface area contributed by atoms with Crippen LogP contribution in [0.4, 0.5) is 0 Å². The Balaban J connectivity index is 2.02. The van der Waals surface area contributed by atoms with E-state index in [1.54, 1.807) is 0 Å². The number of nitrogens with zero attached hydrogens (tertiary/aromatic N) is 1. The molecule has 1 saturated heterocycles. The second kappa shape index (κ2) is 5.31. The molecule has 1 unspecified atom stereocenters. The molecule has 0 spiro atoms. The van der Waals surface area contributed by atoms with E-state index < -0.39 is 0 Å². The molecule has 2 rings (SSSR count). The van der Waals surface area contributed by atoms with Crippen LogP contribution in [0.5, 0.6) is 0 Å². The Kier molecular flexibility index (Phi) is 3.78. The Morgan fingerprint density at radius 1 is 1.65 bits per heavy atom. The first-order chi connectivity index (χ1) is 8.16. The summed E-state index contributed by atoms with van der Waals surface area (Å²) in [6.45, 7) is 5.78. The molecule has 0 saturated carbocycles. The molecule has 1 aromatic heterocycles. The largest absolute Gasteiger partial charge is 0.448 e. The van der Waals surface area contributed by atoms with Crippen molar-refractivity contribution in [1.82, 2.24) is 15.6 Å². The molecule has 1 fully saturated rings. The SMILES string of the molecule is CC(C)NC(=O)c1coc(C2CCCNC2)n1. The fourth-order valence-corrected chi connectivity index (χ4v) is 1.98. The Hall–Kier alpha value is -1.36. The second-order valence-corrected chi connectivity index (χ2v) is 4.74. The molecule has 17 heavy (non-hydrogen) atoms. The van der Waals surface area contributed by atoms with Crippen LogP contribution in [0, 0.1) is 0 Å². The molecule has 1 aliphatic rings. The van der Waals surface area contributed by atoms with Gasteiger partial charge in [-0.25, -0.2) is 4.98 Å². The van der Waals surface area contributed by atoms with Gasteiger partial charge in [0.05, 0.1) is 0 Å². The Bertz CT molecular complexity index is 381. The first-order valence-electron chi connectivity index (χ1n) is 6.14. The normalized spacial score (nSPS) is 20.5. The highest BCUT2D eigenvalue weighted by molar-refractivity contribution is 5.92. The average molecular weight is 237 g/mol. The zero-order valence-electron chi connectivity index (χ0n) is 10.3. The monoisotopic (exact) mass is 237 g/mol. The third kappa shape index (κ3) is 3.06. The third-order valence-electron chi connectivity index (χ3n) is 2.82. The number of carbonyl (C=O) groups excluding carboxylic acids is 1. The van der Waals surface area contributed by atoms with E-state index in [2.05, 4.69) is 15.6 Å². The van der Waals surface area contributed by atoms with Crippen molar-refractivity contribution < 1.29 is 9.21 Å². The number of aromatic nitrogens is 1. The van der Waals surface area contributed by atoms with Crippen LogP contribution in [0.3, 0.4) is 0 Å². The van der Waals surface area contributed by atoms with Crippen molar-refractivity contribution in [3.8, 4) is 0 Å². The van der Waals surface area contributed by atoms with Gasteiger partial charge in [-0.3, -0.25) is 4.79 Å². The van der Waals surface area contributed by atoms with Crippen molar-refractivity contribution in [3.05, 3.63) is 17.8 Å². The number of nitrogens with one attached hydrogen (secondary N) is 2. The molecule has 1 aliphatic heterocycles. The van der Waals surface area contributed by atoms with Crippen molar-refractivity contribution in [3.63, 3.8) is 0 Å². The molecule has 1 atom stereocenters. The highest BCUT2D eigenvalue weighted by Gasteiger charge is 2.21. The Labute approximate surface area is 101 Å². The summed E-state index contributed by atoms with van der Waals surface area (Å²) in [7, 11) is 0. The number of rotatable bonds is 3. The summed E-state index contributed by atoms with van der Waals surface area (Å²) in [4.78, 5) is 16.0. The minimum absolute atomic E-state index is 0.110. The van der Waals surface area contributed by atoms with Gasteiger partial charge in [0.15, 0.2) is 11.6 Å². The molecule has 0 bridgehead atoms. The Morgan fingerprint density at radius 3 is 3.12 bits per heavy atom. The van der Waals surface area contributed by atoms with Gasteiger partial charge in [0.25, 0.3) is 5.91 Å². The van der Waals surface area contributed by atoms with Gasteiger partial charge in [0, 0.05) is 18.5 Å². The van der Waals surface area contributed by atoms with Gasteiger partial charge in [-0.05, 0) is 33.2 Å². The van der Waals surface area contributed by atoms with Crippen molar-refractivity contribution in [2.24, 2.45) is 0 Å². The summed E-state index contributed by atoms with van der Waals surface area (Å²) in [5.74, 6) is 0.800. The van der Waals surface area contributed by atoms with Gasteiger partial charge in [0.1, 0.15) is 6.26 Å². The van der Waals surface area contributed by atoms with Crippen molar-refractivity contribution in [2.45, 2.75) is 38.6 Å². The van der Waals surface area contributed by atoms with Crippen LogP contribution < -0.4 is 10.6 Å². The summed E-state index contributed by atoms with van der Waals surface area (Å²) in [5.41, 5.74) is 0.374. The summed E-state index contributed by atoms with van der Waals surface area (Å²) in [5, 5.41) is 6.10. The van der Waals surface area contributed by atoms with Gasteiger partial charge in [-0.1, -0.05) is 0 Å². The molecular weight excluding hydrogens is 218 g/mol. The summed E-state index contributed by atoms with van der Waals surface area (Å²) in [6, 6.07) is 0.110. The lowest BCUT2D eigenvalue weighted by molar-refractivity contribution is 0.0938. The summed E-state index contributed by atoms with van der Waals surface area (Å²) < 4.78 is 5.39. The van der Waals surface area contributed by atoms with Crippen molar-refractivity contribution >= 4 is 5.91 Å². The van der Waals surface area contributed by atoms with Gasteiger partial charge < -0.3 is 15.1 Å². The van der Waals surface area contributed by atoms with Crippen LogP contribution in [-0.4, -0.2) is 30.0 Å². The van der Waals surface area contributed by atoms with Crippen LogP contribution in [0.1, 0.15) is 49.0 Å². The second-order valence-electron chi connectivity index (χ2n) is 4.74. The van der Waals surface area contributed by atoms with E-state index in [1.165, 1.54) is 6.26 Å². The van der Waals surface area contributed by atoms with Crippen molar-refractivity contribution in [1.29, 1.82) is 0 Å². The number of oxazole rings is 1. The van der Waals surface area contributed by atoms with Crippen LogP contribution in [0.25, 0.3) is 0 Å². The van der Waals surface area contributed by atoms with Gasteiger partial charge >= 0.3 is 0 Å². The van der Waals surface area contributed by atoms with E-state index in [4.69, 9.17) is 4.42 Å². The molecule has 0 radical (unpaired) electrons. The first-order valence-corrected chi connectivity index (χ1v) is 6.14. The number of amides is 1. The fourth-order valence-electron chi connectivity index (χ4n) is 1.98. The molecule has 2 heterocycles. The molecule has 2 N–H and O–H groups in total. The lowest BCUT2D eigenvalue weighted by atomic mass is 10.00. The topological polar surface area (TPSA) is 67.2 Å². The van der Waals surface area contributed by atoms with Gasteiger partial charge in [-0.2, -0.15) is 0 Å². The zero-order chi connectivity index (χ0) is 12.3. The number of carbonyl (C=O) groups is 1. The van der Waals surface area contributed by atoms with Crippen LogP contribution in [0.15, 0.2) is 10.7 Å². The van der Waals surface area contributed by atoms with E-state index in [-0.39, 0.29) is 11.9 Å². The predicted molar refractivity (Wildman–Crippen MR) is 63.9 cm³/mol. The molecule has 94 valence electrons. The van der Waals surface area contributed by atoms with Crippen LogP contribution in [0.2, 0.25) is 0 Å². The first kappa shape index (κ1) is 12.1. The molecule has 1 amide bonds. The highest BCUT2D eigenvalue weighted by atomic mass is 16.3.